The summed E-state index contributed by atoms with van der Waals surface area (Å²) in [5, 5.41) is 5.43. The quantitative estimate of drug-likeness (QED) is 0.655. The Hall–Kier alpha value is -0.640. The van der Waals surface area contributed by atoms with Crippen LogP contribution in [0.1, 0.15) is 12.1 Å². The topological polar surface area (TPSA) is 28.7 Å². The molecule has 5 heteroatoms. The highest BCUT2D eigenvalue weighted by molar-refractivity contribution is 6.29. The van der Waals surface area contributed by atoms with Crippen LogP contribution in [0.15, 0.2) is 6.07 Å². The van der Waals surface area contributed by atoms with Gasteiger partial charge in [-0.3, -0.25) is 5.10 Å². The molecule has 1 N–H and O–H groups in total. The number of hydrogen-bond acceptors (Lipinski definition) is 1. The van der Waals surface area contributed by atoms with Gasteiger partial charge in [0.15, 0.2) is 5.15 Å². The molecule has 9 heavy (non-hydrogen) atoms. The predicted octanol–water partition coefficient (Wildman–Crippen LogP) is 2.00. The van der Waals surface area contributed by atoms with Crippen LogP contribution in [0.3, 0.4) is 0 Å². The molecule has 50 valence electrons. The van der Waals surface area contributed by atoms with Gasteiger partial charge in [0.2, 0.25) is 0 Å². The van der Waals surface area contributed by atoms with E-state index in [1.54, 1.807) is 0 Å². The number of hydrogen-bond donors (Lipinski definition) is 1. The zero-order valence-corrected chi connectivity index (χ0v) is 4.99. The Kier molecular flexibility index (Phi) is 1.66. The molecule has 1 heterocycles. The maximum Gasteiger partial charge on any atom is 0.279 e. The molecule has 1 rings (SSSR count). The molecule has 0 amide bonds. The summed E-state index contributed by atoms with van der Waals surface area (Å²) in [5.41, 5.74) is -0.250. The average Bonchev–Trinajstić information content (AvgIpc) is 2.14. The van der Waals surface area contributed by atoms with Crippen molar-refractivity contribution in [1.82, 2.24) is 10.2 Å². The molecule has 0 bridgehead atoms. The van der Waals surface area contributed by atoms with Gasteiger partial charge in [-0.2, -0.15) is 5.10 Å². The summed E-state index contributed by atoms with van der Waals surface area (Å²) in [4.78, 5) is 0. The molecule has 0 aliphatic heterocycles. The lowest BCUT2D eigenvalue weighted by Gasteiger charge is -1.87. The fraction of sp³-hybridized carbons (Fsp3) is 0.250. The third-order valence-corrected chi connectivity index (χ3v) is 0.995. The van der Waals surface area contributed by atoms with Crippen LogP contribution in [0.5, 0.6) is 0 Å². The second-order valence-electron chi connectivity index (χ2n) is 1.45. The number of rotatable bonds is 1. The van der Waals surface area contributed by atoms with Crippen molar-refractivity contribution in [2.75, 3.05) is 0 Å². The minimum Gasteiger partial charge on any atom is -0.275 e. The van der Waals surface area contributed by atoms with E-state index in [4.69, 9.17) is 11.6 Å². The van der Waals surface area contributed by atoms with Crippen molar-refractivity contribution in [3.63, 3.8) is 0 Å². The summed E-state index contributed by atoms with van der Waals surface area (Å²) in [6, 6.07) is 1.09. The van der Waals surface area contributed by atoms with E-state index >= 15 is 0 Å². The third-order valence-electron chi connectivity index (χ3n) is 0.802. The molecule has 0 radical (unpaired) electrons. The standard InChI is InChI=1S/C4H3ClF2N2/c5-3-1-2(4(6)7)8-9-3/h1,4H,(H,8,9). The second kappa shape index (κ2) is 2.31. The number of alkyl halides is 2. The number of halogens is 3. The van der Waals surface area contributed by atoms with Crippen molar-refractivity contribution < 1.29 is 8.78 Å². The Bertz CT molecular complexity index is 198. The zero-order valence-electron chi connectivity index (χ0n) is 4.24. The van der Waals surface area contributed by atoms with E-state index in [-0.39, 0.29) is 10.8 Å². The summed E-state index contributed by atoms with van der Waals surface area (Å²) in [5.74, 6) is 0. The maximum absolute atomic E-state index is 11.7. The Morgan fingerprint density at radius 2 is 2.33 bits per heavy atom. The summed E-state index contributed by atoms with van der Waals surface area (Å²) < 4.78 is 23.3. The molecule has 0 saturated carbocycles. The molecule has 1 aromatic rings. The molecule has 0 saturated heterocycles. The van der Waals surface area contributed by atoms with Crippen molar-refractivity contribution in [3.8, 4) is 0 Å². The number of H-pyrrole nitrogens is 1. The number of aromatic nitrogens is 2. The minimum atomic E-state index is -2.52. The second-order valence-corrected chi connectivity index (χ2v) is 1.83. The molecule has 0 aliphatic rings. The first kappa shape index (κ1) is 6.48. The number of aromatic amines is 1. The van der Waals surface area contributed by atoms with Gasteiger partial charge in [0.25, 0.3) is 6.43 Å². The molecular formula is C4H3ClF2N2. The van der Waals surface area contributed by atoms with Crippen molar-refractivity contribution in [2.45, 2.75) is 6.43 Å². The van der Waals surface area contributed by atoms with E-state index < -0.39 is 6.43 Å². The van der Waals surface area contributed by atoms with E-state index in [2.05, 4.69) is 10.2 Å². The first-order valence-corrected chi connectivity index (χ1v) is 2.57. The molecule has 2 nitrogen and oxygen atoms in total. The van der Waals surface area contributed by atoms with Gasteiger partial charge in [0.1, 0.15) is 5.69 Å². The average molecular weight is 153 g/mol. The maximum atomic E-state index is 11.7. The summed E-state index contributed by atoms with van der Waals surface area (Å²) in [6.07, 6.45) is -2.52. The van der Waals surface area contributed by atoms with Gasteiger partial charge in [-0.15, -0.1) is 0 Å². The molecule has 0 atom stereocenters. The van der Waals surface area contributed by atoms with Crippen LogP contribution in [0.4, 0.5) is 8.78 Å². The van der Waals surface area contributed by atoms with Crippen molar-refractivity contribution >= 4 is 11.6 Å². The van der Waals surface area contributed by atoms with Crippen LogP contribution < -0.4 is 0 Å². The van der Waals surface area contributed by atoms with E-state index in [0.29, 0.717) is 0 Å². The lowest BCUT2D eigenvalue weighted by atomic mass is 10.5. The van der Waals surface area contributed by atoms with E-state index in [1.807, 2.05) is 0 Å². The van der Waals surface area contributed by atoms with Gasteiger partial charge in [0, 0.05) is 6.07 Å². The lowest BCUT2D eigenvalue weighted by Crippen LogP contribution is -1.81. The Balaban J connectivity index is 2.85. The highest BCUT2D eigenvalue weighted by atomic mass is 35.5. The van der Waals surface area contributed by atoms with Gasteiger partial charge in [-0.05, 0) is 0 Å². The third kappa shape index (κ3) is 1.38. The van der Waals surface area contributed by atoms with E-state index in [1.165, 1.54) is 0 Å². The van der Waals surface area contributed by atoms with Crippen molar-refractivity contribution in [1.29, 1.82) is 0 Å². The fourth-order valence-electron chi connectivity index (χ4n) is 0.423. The van der Waals surface area contributed by atoms with Gasteiger partial charge in [-0.1, -0.05) is 11.6 Å². The minimum absolute atomic E-state index is 0.0605. The van der Waals surface area contributed by atoms with Gasteiger partial charge in [0.05, 0.1) is 0 Å². The van der Waals surface area contributed by atoms with Crippen LogP contribution in [0, 0.1) is 0 Å². The number of nitrogens with zero attached hydrogens (tertiary/aromatic N) is 1. The lowest BCUT2D eigenvalue weighted by molar-refractivity contribution is 0.146. The SMILES string of the molecule is FC(F)c1cc(Cl)n[nH]1. The highest BCUT2D eigenvalue weighted by Crippen LogP contribution is 2.17. The first-order valence-electron chi connectivity index (χ1n) is 2.19. The first-order chi connectivity index (χ1) is 4.20. The fourth-order valence-corrected chi connectivity index (χ4v) is 0.582. The summed E-state index contributed by atoms with van der Waals surface area (Å²) >= 11 is 5.23. The summed E-state index contributed by atoms with van der Waals surface area (Å²) in [7, 11) is 0. The smallest absolute Gasteiger partial charge is 0.275 e. The van der Waals surface area contributed by atoms with Crippen molar-refractivity contribution in [3.05, 3.63) is 16.9 Å². The van der Waals surface area contributed by atoms with Gasteiger partial charge in [-0.25, -0.2) is 8.78 Å². The summed E-state index contributed by atoms with van der Waals surface area (Å²) in [6.45, 7) is 0. The molecule has 0 spiro atoms. The van der Waals surface area contributed by atoms with Crippen molar-refractivity contribution in [2.24, 2.45) is 0 Å². The Morgan fingerprint density at radius 1 is 1.67 bits per heavy atom. The van der Waals surface area contributed by atoms with Crippen LogP contribution >= 0.6 is 11.6 Å². The van der Waals surface area contributed by atoms with Crippen LogP contribution in [-0.2, 0) is 0 Å². The molecule has 0 unspecified atom stereocenters. The Morgan fingerprint density at radius 3 is 2.56 bits per heavy atom. The molecular weight excluding hydrogens is 150 g/mol. The van der Waals surface area contributed by atoms with Gasteiger partial charge >= 0.3 is 0 Å². The van der Waals surface area contributed by atoms with E-state index in [9.17, 15) is 8.78 Å². The molecule has 0 aromatic carbocycles. The van der Waals surface area contributed by atoms with E-state index in [0.717, 1.165) is 6.07 Å². The predicted molar refractivity (Wildman–Crippen MR) is 28.6 cm³/mol. The highest BCUT2D eigenvalue weighted by Gasteiger charge is 2.08. The number of nitrogens with one attached hydrogen (secondary N) is 1. The van der Waals surface area contributed by atoms with Crippen LogP contribution in [0.25, 0.3) is 0 Å². The molecule has 1 aromatic heterocycles. The van der Waals surface area contributed by atoms with Gasteiger partial charge < -0.3 is 0 Å². The molecule has 0 fully saturated rings. The Labute approximate surface area is 54.8 Å². The van der Waals surface area contributed by atoms with Crippen LogP contribution in [-0.4, -0.2) is 10.2 Å². The normalized spacial score (nSPS) is 10.7. The monoisotopic (exact) mass is 152 g/mol. The zero-order chi connectivity index (χ0) is 6.85. The largest absolute Gasteiger partial charge is 0.279 e. The van der Waals surface area contributed by atoms with Crippen LogP contribution in [0.2, 0.25) is 5.15 Å². The molecule has 0 aliphatic carbocycles.